The first-order valence-electron chi connectivity index (χ1n) is 6.73. The molecule has 2 atom stereocenters. The molecule has 0 unspecified atom stereocenters. The van der Waals surface area contributed by atoms with Crippen LogP contribution in [-0.2, 0) is 19.2 Å². The Bertz CT molecular complexity index is 437. The molecule has 0 aromatic carbocycles. The van der Waals surface area contributed by atoms with Crippen molar-refractivity contribution in [1.82, 2.24) is 16.0 Å². The van der Waals surface area contributed by atoms with Crippen LogP contribution in [0.1, 0.15) is 12.8 Å². The molecule has 132 valence electrons. The molecule has 5 N–H and O–H groups in total. The summed E-state index contributed by atoms with van der Waals surface area (Å²) in [5.41, 5.74) is 0. The van der Waals surface area contributed by atoms with Gasteiger partial charge >= 0.3 is 11.9 Å². The van der Waals surface area contributed by atoms with E-state index in [1.54, 1.807) is 0 Å². The van der Waals surface area contributed by atoms with Crippen molar-refractivity contribution in [3.8, 4) is 0 Å². The third-order valence-corrected chi connectivity index (χ3v) is 3.45. The average molecular weight is 414 g/mol. The maximum atomic E-state index is 11.8. The largest absolute Gasteiger partial charge is 0.480 e. The van der Waals surface area contributed by atoms with Gasteiger partial charge in [0, 0.05) is 24.0 Å². The Kier molecular flexibility index (Phi) is 11.4. The number of rotatable bonds is 12. The van der Waals surface area contributed by atoms with Gasteiger partial charge in [-0.2, -0.15) is 12.6 Å². The Hall–Kier alpha value is -1.33. The number of hydrogen-bond acceptors (Lipinski definition) is 6. The summed E-state index contributed by atoms with van der Waals surface area (Å²) in [6.45, 7) is -0.119. The predicted molar refractivity (Wildman–Crippen MR) is 88.9 cm³/mol. The minimum Gasteiger partial charge on any atom is -0.480 e. The molecule has 0 fully saturated rings. The van der Waals surface area contributed by atoms with E-state index >= 15 is 0 Å². The van der Waals surface area contributed by atoms with Gasteiger partial charge in [0.1, 0.15) is 18.6 Å². The molecule has 11 heteroatoms. The first kappa shape index (κ1) is 21.7. The fourth-order valence-corrected chi connectivity index (χ4v) is 2.05. The van der Waals surface area contributed by atoms with Crippen LogP contribution < -0.4 is 16.0 Å². The molecule has 23 heavy (non-hydrogen) atoms. The number of hydrogen-bond donors (Lipinski definition) is 6. The zero-order chi connectivity index (χ0) is 17.8. The van der Waals surface area contributed by atoms with Crippen LogP contribution in [0.2, 0.25) is 0 Å². The lowest BCUT2D eigenvalue weighted by Gasteiger charge is -2.17. The van der Waals surface area contributed by atoms with E-state index < -0.39 is 42.4 Å². The van der Waals surface area contributed by atoms with Crippen molar-refractivity contribution < 1.29 is 29.4 Å². The van der Waals surface area contributed by atoms with Gasteiger partial charge in [-0.15, -0.1) is 0 Å². The first-order chi connectivity index (χ1) is 10.8. The van der Waals surface area contributed by atoms with E-state index in [2.05, 4.69) is 44.5 Å². The highest BCUT2D eigenvalue weighted by Gasteiger charge is 2.22. The number of carboxylic acid groups (broad SMARTS) is 2. The van der Waals surface area contributed by atoms with Crippen molar-refractivity contribution in [2.45, 2.75) is 24.9 Å². The number of alkyl halides is 1. The Morgan fingerprint density at radius 3 is 2.26 bits per heavy atom. The standard InChI is InChI=1S/C12H20BrN3O6S/c13-3-4-14-7(12(21)22)1-2-9(17)16-8(6-23)11(20)15-5-10(18)19/h7-8,14,23H,1-6H2,(H,15,20)(H,16,17)(H,18,19)(H,21,22)/t7-,8-/m0/s1. The van der Waals surface area contributed by atoms with Gasteiger partial charge < -0.3 is 26.2 Å². The lowest BCUT2D eigenvalue weighted by atomic mass is 10.1. The van der Waals surface area contributed by atoms with Crippen LogP contribution in [0.3, 0.4) is 0 Å². The average Bonchev–Trinajstić information content (AvgIpc) is 2.49. The lowest BCUT2D eigenvalue weighted by molar-refractivity contribution is -0.140. The van der Waals surface area contributed by atoms with Crippen molar-refractivity contribution >= 4 is 52.3 Å². The molecule has 0 rings (SSSR count). The summed E-state index contributed by atoms with van der Waals surface area (Å²) in [5.74, 6) is -3.46. The van der Waals surface area contributed by atoms with Crippen molar-refractivity contribution in [2.75, 3.05) is 24.2 Å². The third kappa shape index (κ3) is 10.1. The van der Waals surface area contributed by atoms with E-state index in [-0.39, 0.29) is 18.6 Å². The molecule has 0 spiro atoms. The summed E-state index contributed by atoms with van der Waals surface area (Å²) in [6, 6.07) is -1.85. The summed E-state index contributed by atoms with van der Waals surface area (Å²) in [6.07, 6.45) is -0.0348. The smallest absolute Gasteiger partial charge is 0.322 e. The Morgan fingerprint density at radius 1 is 1.13 bits per heavy atom. The molecule has 0 aliphatic carbocycles. The Balaban J connectivity index is 4.34. The van der Waals surface area contributed by atoms with Gasteiger partial charge in [-0.3, -0.25) is 19.2 Å². The molecule has 0 aliphatic heterocycles. The van der Waals surface area contributed by atoms with E-state index in [1.807, 2.05) is 0 Å². The second kappa shape index (κ2) is 12.1. The van der Waals surface area contributed by atoms with Gasteiger partial charge in [-0.05, 0) is 6.42 Å². The molecule has 2 amide bonds. The van der Waals surface area contributed by atoms with Crippen molar-refractivity contribution in [1.29, 1.82) is 0 Å². The highest BCUT2D eigenvalue weighted by Crippen LogP contribution is 2.00. The Labute approximate surface area is 147 Å². The van der Waals surface area contributed by atoms with Crippen molar-refractivity contribution in [3.63, 3.8) is 0 Å². The van der Waals surface area contributed by atoms with E-state index in [9.17, 15) is 19.2 Å². The summed E-state index contributed by atoms with van der Waals surface area (Å²) in [4.78, 5) is 44.8. The fourth-order valence-electron chi connectivity index (χ4n) is 1.56. The maximum absolute atomic E-state index is 11.8. The van der Waals surface area contributed by atoms with Crippen LogP contribution >= 0.6 is 28.6 Å². The van der Waals surface area contributed by atoms with Crippen LogP contribution in [0.15, 0.2) is 0 Å². The lowest BCUT2D eigenvalue weighted by Crippen LogP contribution is -2.49. The minimum absolute atomic E-state index is 0.0125. The van der Waals surface area contributed by atoms with Gasteiger partial charge in [0.15, 0.2) is 0 Å². The molecular weight excluding hydrogens is 394 g/mol. The third-order valence-electron chi connectivity index (χ3n) is 2.69. The van der Waals surface area contributed by atoms with Crippen LogP contribution in [0.25, 0.3) is 0 Å². The van der Waals surface area contributed by atoms with E-state index in [0.29, 0.717) is 11.9 Å². The molecule has 0 saturated carbocycles. The molecule has 0 heterocycles. The number of carbonyl (C=O) groups excluding carboxylic acids is 2. The number of thiol groups is 1. The summed E-state index contributed by atoms with van der Waals surface area (Å²) < 4.78 is 0. The molecule has 0 aliphatic rings. The number of carbonyl (C=O) groups is 4. The van der Waals surface area contributed by atoms with Crippen molar-refractivity contribution in [3.05, 3.63) is 0 Å². The zero-order valence-electron chi connectivity index (χ0n) is 12.2. The monoisotopic (exact) mass is 413 g/mol. The highest BCUT2D eigenvalue weighted by molar-refractivity contribution is 9.09. The Morgan fingerprint density at radius 2 is 1.78 bits per heavy atom. The van der Waals surface area contributed by atoms with Gasteiger partial charge in [-0.1, -0.05) is 15.9 Å². The predicted octanol–water partition coefficient (Wildman–Crippen LogP) is -1.18. The van der Waals surface area contributed by atoms with Crippen LogP contribution in [-0.4, -0.2) is 70.2 Å². The molecule has 0 radical (unpaired) electrons. The highest BCUT2D eigenvalue weighted by atomic mass is 79.9. The fraction of sp³-hybridized carbons (Fsp3) is 0.667. The molecule has 0 aromatic rings. The minimum atomic E-state index is -1.20. The summed E-state index contributed by atoms with van der Waals surface area (Å²) in [7, 11) is 0. The molecule has 0 saturated heterocycles. The number of amides is 2. The topological polar surface area (TPSA) is 145 Å². The summed E-state index contributed by atoms with van der Waals surface area (Å²) >= 11 is 7.09. The number of aliphatic carboxylic acids is 2. The molecule has 0 bridgehead atoms. The van der Waals surface area contributed by atoms with E-state index in [4.69, 9.17) is 10.2 Å². The molecule has 9 nitrogen and oxygen atoms in total. The zero-order valence-corrected chi connectivity index (χ0v) is 14.7. The number of nitrogens with one attached hydrogen (secondary N) is 3. The molecule has 0 aromatic heterocycles. The summed E-state index contributed by atoms with van der Waals surface area (Å²) in [5, 5.41) is 25.4. The van der Waals surface area contributed by atoms with Crippen LogP contribution in [0, 0.1) is 0 Å². The van der Waals surface area contributed by atoms with Crippen molar-refractivity contribution in [2.24, 2.45) is 0 Å². The van der Waals surface area contributed by atoms with Gasteiger partial charge in [-0.25, -0.2) is 0 Å². The SMILES string of the molecule is O=C(O)CNC(=O)[C@H](CS)NC(=O)CC[C@H](NCCBr)C(=O)O. The normalized spacial score (nSPS) is 13.0. The van der Waals surface area contributed by atoms with Crippen LogP contribution in [0.5, 0.6) is 0 Å². The van der Waals surface area contributed by atoms with Crippen LogP contribution in [0.4, 0.5) is 0 Å². The first-order valence-corrected chi connectivity index (χ1v) is 8.49. The second-order valence-corrected chi connectivity index (χ2v) is 5.64. The number of carboxylic acids is 2. The quantitative estimate of drug-likeness (QED) is 0.174. The van der Waals surface area contributed by atoms with E-state index in [0.717, 1.165) is 0 Å². The maximum Gasteiger partial charge on any atom is 0.322 e. The van der Waals surface area contributed by atoms with Gasteiger partial charge in [0.25, 0.3) is 0 Å². The number of halogens is 1. The molecular formula is C12H20BrN3O6S. The second-order valence-electron chi connectivity index (χ2n) is 4.49. The van der Waals surface area contributed by atoms with Gasteiger partial charge in [0.2, 0.25) is 11.8 Å². The van der Waals surface area contributed by atoms with Gasteiger partial charge in [0.05, 0.1) is 0 Å². The van der Waals surface area contributed by atoms with E-state index in [1.165, 1.54) is 0 Å².